The van der Waals surface area contributed by atoms with Gasteiger partial charge >= 0.3 is 0 Å². The topological polar surface area (TPSA) is 110 Å². The van der Waals surface area contributed by atoms with Crippen molar-refractivity contribution in [3.63, 3.8) is 0 Å². The van der Waals surface area contributed by atoms with Crippen LogP contribution in [-0.2, 0) is 0 Å². The van der Waals surface area contributed by atoms with Gasteiger partial charge in [0.05, 0.1) is 0 Å². The quantitative estimate of drug-likeness (QED) is 0.742. The second-order valence-corrected chi connectivity index (χ2v) is 4.63. The molecule has 2 aromatic heterocycles. The normalized spacial score (nSPS) is 10.1. The SMILES string of the molecule is NCCNC(=O)c1csc(NC(=O)c2ccncc2)n1. The highest BCUT2D eigenvalue weighted by Crippen LogP contribution is 2.16. The van der Waals surface area contributed by atoms with Gasteiger partial charge in [-0.25, -0.2) is 4.98 Å². The Bertz CT molecular complexity index is 599. The maximum Gasteiger partial charge on any atom is 0.270 e. The van der Waals surface area contributed by atoms with E-state index in [4.69, 9.17) is 5.73 Å². The Kier molecular flexibility index (Phi) is 4.75. The van der Waals surface area contributed by atoms with E-state index in [0.717, 1.165) is 0 Å². The molecule has 2 aromatic rings. The minimum absolute atomic E-state index is 0.258. The summed E-state index contributed by atoms with van der Waals surface area (Å²) in [5.41, 5.74) is 6.03. The molecule has 2 rings (SSSR count). The van der Waals surface area contributed by atoms with Crippen molar-refractivity contribution in [2.45, 2.75) is 0 Å². The highest BCUT2D eigenvalue weighted by atomic mass is 32.1. The first-order chi connectivity index (χ1) is 9.70. The predicted octanol–water partition coefficient (Wildman–Crippen LogP) is 0.479. The van der Waals surface area contributed by atoms with Crippen LogP contribution in [0.15, 0.2) is 29.9 Å². The van der Waals surface area contributed by atoms with Crippen LogP contribution in [0.5, 0.6) is 0 Å². The minimum atomic E-state index is -0.309. The van der Waals surface area contributed by atoms with Gasteiger partial charge in [-0.05, 0) is 12.1 Å². The van der Waals surface area contributed by atoms with E-state index >= 15 is 0 Å². The first-order valence-corrected chi connectivity index (χ1v) is 6.74. The first kappa shape index (κ1) is 14.1. The summed E-state index contributed by atoms with van der Waals surface area (Å²) in [5.74, 6) is -0.605. The van der Waals surface area contributed by atoms with Crippen molar-refractivity contribution in [2.24, 2.45) is 5.73 Å². The third kappa shape index (κ3) is 3.59. The summed E-state index contributed by atoms with van der Waals surface area (Å²) < 4.78 is 0. The van der Waals surface area contributed by atoms with Gasteiger partial charge < -0.3 is 11.1 Å². The zero-order valence-electron chi connectivity index (χ0n) is 10.5. The highest BCUT2D eigenvalue weighted by Gasteiger charge is 2.12. The van der Waals surface area contributed by atoms with E-state index in [1.54, 1.807) is 17.5 Å². The van der Waals surface area contributed by atoms with E-state index in [2.05, 4.69) is 20.6 Å². The molecule has 0 saturated heterocycles. The van der Waals surface area contributed by atoms with Gasteiger partial charge in [0.1, 0.15) is 5.69 Å². The average molecular weight is 291 g/mol. The molecule has 2 heterocycles. The molecule has 2 amide bonds. The molecular weight excluding hydrogens is 278 g/mol. The Morgan fingerprint density at radius 1 is 1.25 bits per heavy atom. The lowest BCUT2D eigenvalue weighted by molar-refractivity contribution is 0.0949. The lowest BCUT2D eigenvalue weighted by Crippen LogP contribution is -2.29. The van der Waals surface area contributed by atoms with Gasteiger partial charge in [0.2, 0.25) is 0 Å². The molecule has 0 atom stereocenters. The molecule has 20 heavy (non-hydrogen) atoms. The second kappa shape index (κ2) is 6.73. The van der Waals surface area contributed by atoms with Crippen molar-refractivity contribution in [3.05, 3.63) is 41.2 Å². The summed E-state index contributed by atoms with van der Waals surface area (Å²) in [7, 11) is 0. The first-order valence-electron chi connectivity index (χ1n) is 5.86. The number of amides is 2. The van der Waals surface area contributed by atoms with Crippen LogP contribution in [0.4, 0.5) is 5.13 Å². The summed E-state index contributed by atoms with van der Waals surface area (Å²) in [6.07, 6.45) is 3.06. The van der Waals surface area contributed by atoms with Crippen molar-refractivity contribution in [1.29, 1.82) is 0 Å². The summed E-state index contributed by atoms with van der Waals surface area (Å²) in [5, 5.41) is 7.17. The molecular formula is C12H13N5O2S. The number of carbonyl (C=O) groups is 2. The monoisotopic (exact) mass is 291 g/mol. The van der Waals surface area contributed by atoms with Crippen molar-refractivity contribution < 1.29 is 9.59 Å². The van der Waals surface area contributed by atoms with Gasteiger partial charge in [-0.1, -0.05) is 0 Å². The van der Waals surface area contributed by atoms with Gasteiger partial charge in [-0.15, -0.1) is 11.3 Å². The van der Waals surface area contributed by atoms with Gasteiger partial charge in [-0.2, -0.15) is 0 Å². The van der Waals surface area contributed by atoms with E-state index in [-0.39, 0.29) is 17.5 Å². The Balaban J connectivity index is 1.99. The van der Waals surface area contributed by atoms with Crippen molar-refractivity contribution in [2.75, 3.05) is 18.4 Å². The fourth-order valence-electron chi connectivity index (χ4n) is 1.38. The van der Waals surface area contributed by atoms with E-state index in [1.807, 2.05) is 0 Å². The van der Waals surface area contributed by atoms with Crippen LogP contribution in [-0.4, -0.2) is 34.9 Å². The standard InChI is InChI=1S/C12H13N5O2S/c13-3-6-15-11(19)9-7-20-12(16-9)17-10(18)8-1-4-14-5-2-8/h1-2,4-5,7H,3,6,13H2,(H,15,19)(H,16,17,18). The Labute approximate surface area is 119 Å². The molecule has 0 aromatic carbocycles. The highest BCUT2D eigenvalue weighted by molar-refractivity contribution is 7.14. The largest absolute Gasteiger partial charge is 0.349 e. The number of rotatable bonds is 5. The number of nitrogens with two attached hydrogens (primary N) is 1. The smallest absolute Gasteiger partial charge is 0.270 e. The Morgan fingerprint density at radius 3 is 2.70 bits per heavy atom. The van der Waals surface area contributed by atoms with Gasteiger partial charge in [0, 0.05) is 36.4 Å². The van der Waals surface area contributed by atoms with Gasteiger partial charge in [0.25, 0.3) is 11.8 Å². The van der Waals surface area contributed by atoms with Crippen LogP contribution in [0.2, 0.25) is 0 Å². The van der Waals surface area contributed by atoms with Crippen LogP contribution in [0.25, 0.3) is 0 Å². The molecule has 0 aliphatic rings. The summed E-state index contributed by atoms with van der Waals surface area (Å²) in [4.78, 5) is 31.4. The van der Waals surface area contributed by atoms with Crippen LogP contribution in [0.1, 0.15) is 20.8 Å². The molecule has 0 radical (unpaired) electrons. The minimum Gasteiger partial charge on any atom is -0.349 e. The van der Waals surface area contributed by atoms with Gasteiger partial charge in [0.15, 0.2) is 5.13 Å². The Hall–Kier alpha value is -2.32. The second-order valence-electron chi connectivity index (χ2n) is 3.77. The number of hydrogen-bond acceptors (Lipinski definition) is 6. The summed E-state index contributed by atoms with van der Waals surface area (Å²) in [6, 6.07) is 3.19. The number of anilines is 1. The molecule has 0 fully saturated rings. The molecule has 4 N–H and O–H groups in total. The van der Waals surface area contributed by atoms with Crippen LogP contribution >= 0.6 is 11.3 Å². The molecule has 104 valence electrons. The molecule has 0 bridgehead atoms. The summed E-state index contributed by atoms with van der Waals surface area (Å²) in [6.45, 7) is 0.747. The number of thiazole rings is 1. The third-order valence-electron chi connectivity index (χ3n) is 2.33. The number of nitrogens with zero attached hydrogens (tertiary/aromatic N) is 2. The number of hydrogen-bond donors (Lipinski definition) is 3. The average Bonchev–Trinajstić information content (AvgIpc) is 2.94. The maximum atomic E-state index is 11.9. The molecule has 7 nitrogen and oxygen atoms in total. The van der Waals surface area contributed by atoms with E-state index < -0.39 is 0 Å². The van der Waals surface area contributed by atoms with Crippen molar-refractivity contribution in [3.8, 4) is 0 Å². The number of nitrogens with one attached hydrogen (secondary N) is 2. The van der Waals surface area contributed by atoms with Crippen molar-refractivity contribution >= 4 is 28.3 Å². The Morgan fingerprint density at radius 2 is 2.00 bits per heavy atom. The lowest BCUT2D eigenvalue weighted by Gasteiger charge is -2.01. The van der Waals surface area contributed by atoms with E-state index in [1.165, 1.54) is 23.7 Å². The van der Waals surface area contributed by atoms with Crippen LogP contribution < -0.4 is 16.4 Å². The van der Waals surface area contributed by atoms with Gasteiger partial charge in [-0.3, -0.25) is 19.9 Å². The van der Waals surface area contributed by atoms with E-state index in [9.17, 15) is 9.59 Å². The lowest BCUT2D eigenvalue weighted by atomic mass is 10.2. The molecule has 0 aliphatic heterocycles. The zero-order valence-corrected chi connectivity index (χ0v) is 11.3. The zero-order chi connectivity index (χ0) is 14.4. The maximum absolute atomic E-state index is 11.9. The molecule has 0 aliphatic carbocycles. The van der Waals surface area contributed by atoms with Crippen LogP contribution in [0.3, 0.4) is 0 Å². The third-order valence-corrected chi connectivity index (χ3v) is 3.09. The molecule has 8 heteroatoms. The fourth-order valence-corrected chi connectivity index (χ4v) is 2.07. The summed E-state index contributed by atoms with van der Waals surface area (Å²) >= 11 is 1.18. The molecule has 0 spiro atoms. The number of pyridine rings is 1. The molecule has 0 saturated carbocycles. The van der Waals surface area contributed by atoms with Crippen LogP contribution in [0, 0.1) is 0 Å². The van der Waals surface area contributed by atoms with E-state index in [0.29, 0.717) is 23.8 Å². The van der Waals surface area contributed by atoms with Crippen molar-refractivity contribution in [1.82, 2.24) is 15.3 Å². The molecule has 0 unspecified atom stereocenters. The fraction of sp³-hybridized carbons (Fsp3) is 0.167. The number of aromatic nitrogens is 2. The predicted molar refractivity (Wildman–Crippen MR) is 75.7 cm³/mol. The number of carbonyl (C=O) groups excluding carboxylic acids is 2.